The number of pyridine rings is 2. The molecule has 2 aromatic rings. The van der Waals surface area contributed by atoms with Crippen molar-refractivity contribution >= 4 is 32.7 Å². The van der Waals surface area contributed by atoms with Crippen molar-refractivity contribution in [3.63, 3.8) is 0 Å². The van der Waals surface area contributed by atoms with Gasteiger partial charge in [0.2, 0.25) is 0 Å². The van der Waals surface area contributed by atoms with Crippen molar-refractivity contribution in [1.29, 1.82) is 0 Å². The molecule has 1 aliphatic heterocycles. The summed E-state index contributed by atoms with van der Waals surface area (Å²) in [4.78, 5) is 23.2. The summed E-state index contributed by atoms with van der Waals surface area (Å²) in [5.41, 5.74) is 1.20. The van der Waals surface area contributed by atoms with Crippen LogP contribution in [0.3, 0.4) is 0 Å². The monoisotopic (exact) mass is 348 g/mol. The molecule has 2 atom stereocenters. The summed E-state index contributed by atoms with van der Waals surface area (Å²) >= 11 is 3.42. The van der Waals surface area contributed by atoms with E-state index in [1.165, 1.54) is 0 Å². The van der Waals surface area contributed by atoms with Gasteiger partial charge in [0.25, 0.3) is 5.91 Å². The zero-order valence-corrected chi connectivity index (χ0v) is 13.6. The molecule has 2 unspecified atom stereocenters. The van der Waals surface area contributed by atoms with E-state index < -0.39 is 0 Å². The average molecular weight is 349 g/mol. The molecule has 0 spiro atoms. The summed E-state index contributed by atoms with van der Waals surface area (Å²) in [7, 11) is 2.07. The summed E-state index contributed by atoms with van der Waals surface area (Å²) in [6.07, 6.45) is 3.42. The van der Waals surface area contributed by atoms with E-state index in [1.807, 2.05) is 6.07 Å². The Balaban J connectivity index is 1.83. The highest BCUT2D eigenvalue weighted by Gasteiger charge is 2.29. The SMILES string of the molecule is CC1CN(C)CC1NC(=O)c1ccc2cncc(Br)c2n1. The Bertz CT molecular complexity index is 690. The van der Waals surface area contributed by atoms with Crippen molar-refractivity contribution in [2.24, 2.45) is 5.92 Å². The van der Waals surface area contributed by atoms with Gasteiger partial charge in [0, 0.05) is 36.9 Å². The number of nitrogens with one attached hydrogen (secondary N) is 1. The first kappa shape index (κ1) is 14.4. The summed E-state index contributed by atoms with van der Waals surface area (Å²) in [6, 6.07) is 3.80. The van der Waals surface area contributed by atoms with Gasteiger partial charge in [0.05, 0.1) is 9.99 Å². The number of carbonyl (C=O) groups is 1. The third-order valence-electron chi connectivity index (χ3n) is 3.90. The standard InChI is InChI=1S/C15H17BrN4O/c1-9-7-20(2)8-13(9)19-15(21)12-4-3-10-5-17-6-11(16)14(10)18-12/h3-6,9,13H,7-8H2,1-2H3,(H,19,21). The molecule has 0 radical (unpaired) electrons. The van der Waals surface area contributed by atoms with E-state index in [2.05, 4.69) is 50.1 Å². The number of likely N-dealkylation sites (N-methyl/N-ethyl adjacent to an activating group) is 1. The molecule has 21 heavy (non-hydrogen) atoms. The van der Waals surface area contributed by atoms with Crippen LogP contribution in [-0.2, 0) is 0 Å². The van der Waals surface area contributed by atoms with Crippen molar-refractivity contribution in [1.82, 2.24) is 20.2 Å². The van der Waals surface area contributed by atoms with Crippen LogP contribution in [0, 0.1) is 5.92 Å². The van der Waals surface area contributed by atoms with Crippen molar-refractivity contribution in [2.75, 3.05) is 20.1 Å². The number of likely N-dealkylation sites (tertiary alicyclic amines) is 1. The first-order valence-corrected chi connectivity index (χ1v) is 7.73. The molecule has 2 aromatic heterocycles. The third kappa shape index (κ3) is 2.91. The minimum atomic E-state index is -0.118. The lowest BCUT2D eigenvalue weighted by Crippen LogP contribution is -2.39. The minimum absolute atomic E-state index is 0.118. The average Bonchev–Trinajstić information content (AvgIpc) is 2.77. The van der Waals surface area contributed by atoms with Gasteiger partial charge in [-0.05, 0) is 41.0 Å². The maximum absolute atomic E-state index is 12.4. The molecule has 5 nitrogen and oxygen atoms in total. The number of hydrogen-bond acceptors (Lipinski definition) is 4. The van der Waals surface area contributed by atoms with Crippen LogP contribution in [-0.4, -0.2) is 47.0 Å². The maximum atomic E-state index is 12.4. The number of rotatable bonds is 2. The van der Waals surface area contributed by atoms with Gasteiger partial charge in [-0.25, -0.2) is 4.98 Å². The highest BCUT2D eigenvalue weighted by atomic mass is 79.9. The third-order valence-corrected chi connectivity index (χ3v) is 4.48. The summed E-state index contributed by atoms with van der Waals surface area (Å²) < 4.78 is 0.795. The highest BCUT2D eigenvalue weighted by Crippen LogP contribution is 2.21. The zero-order valence-electron chi connectivity index (χ0n) is 12.0. The number of fused-ring (bicyclic) bond motifs is 1. The molecular formula is C15H17BrN4O. The predicted octanol–water partition coefficient (Wildman–Crippen LogP) is 2.07. The fourth-order valence-corrected chi connectivity index (χ4v) is 3.21. The van der Waals surface area contributed by atoms with E-state index in [1.54, 1.807) is 18.5 Å². The van der Waals surface area contributed by atoms with E-state index in [9.17, 15) is 4.79 Å². The van der Waals surface area contributed by atoms with Gasteiger partial charge in [0.15, 0.2) is 0 Å². The Kier molecular flexibility index (Phi) is 3.91. The van der Waals surface area contributed by atoms with Crippen LogP contribution in [0.4, 0.5) is 0 Å². The zero-order chi connectivity index (χ0) is 15.0. The number of nitrogens with zero attached hydrogens (tertiary/aromatic N) is 3. The maximum Gasteiger partial charge on any atom is 0.270 e. The van der Waals surface area contributed by atoms with Crippen molar-refractivity contribution in [3.8, 4) is 0 Å². The van der Waals surface area contributed by atoms with Crippen LogP contribution in [0.2, 0.25) is 0 Å². The van der Waals surface area contributed by atoms with Crippen LogP contribution >= 0.6 is 15.9 Å². The number of halogens is 1. The van der Waals surface area contributed by atoms with Crippen molar-refractivity contribution < 1.29 is 4.79 Å². The van der Waals surface area contributed by atoms with Crippen LogP contribution in [0.15, 0.2) is 29.0 Å². The van der Waals surface area contributed by atoms with Gasteiger partial charge in [-0.3, -0.25) is 9.78 Å². The molecule has 0 aromatic carbocycles. The topological polar surface area (TPSA) is 58.1 Å². The summed E-state index contributed by atoms with van der Waals surface area (Å²) in [6.45, 7) is 4.05. The molecule has 0 saturated carbocycles. The molecule has 3 rings (SSSR count). The highest BCUT2D eigenvalue weighted by molar-refractivity contribution is 9.10. The van der Waals surface area contributed by atoms with Gasteiger partial charge in [-0.15, -0.1) is 0 Å². The molecule has 110 valence electrons. The van der Waals surface area contributed by atoms with E-state index in [-0.39, 0.29) is 11.9 Å². The second-order valence-electron chi connectivity index (χ2n) is 5.67. The predicted molar refractivity (Wildman–Crippen MR) is 85.2 cm³/mol. The minimum Gasteiger partial charge on any atom is -0.346 e. The molecule has 0 aliphatic carbocycles. The quantitative estimate of drug-likeness (QED) is 0.902. The fourth-order valence-electron chi connectivity index (χ4n) is 2.78. The lowest BCUT2D eigenvalue weighted by Gasteiger charge is -2.16. The van der Waals surface area contributed by atoms with E-state index in [0.29, 0.717) is 11.6 Å². The number of hydrogen-bond donors (Lipinski definition) is 1. The van der Waals surface area contributed by atoms with E-state index in [4.69, 9.17) is 0 Å². The van der Waals surface area contributed by atoms with E-state index >= 15 is 0 Å². The number of amides is 1. The molecule has 1 amide bonds. The van der Waals surface area contributed by atoms with Crippen LogP contribution < -0.4 is 5.32 Å². The molecule has 1 fully saturated rings. The molecule has 1 N–H and O–H groups in total. The first-order chi connectivity index (χ1) is 10.0. The Morgan fingerprint density at radius 3 is 2.90 bits per heavy atom. The fraction of sp³-hybridized carbons (Fsp3) is 0.400. The molecule has 1 saturated heterocycles. The number of aromatic nitrogens is 2. The largest absolute Gasteiger partial charge is 0.346 e. The summed E-state index contributed by atoms with van der Waals surface area (Å²) in [5, 5.41) is 4.00. The second-order valence-corrected chi connectivity index (χ2v) is 6.52. The van der Waals surface area contributed by atoms with Gasteiger partial charge >= 0.3 is 0 Å². The van der Waals surface area contributed by atoms with Crippen molar-refractivity contribution in [2.45, 2.75) is 13.0 Å². The van der Waals surface area contributed by atoms with Gasteiger partial charge in [0.1, 0.15) is 5.69 Å². The van der Waals surface area contributed by atoms with Crippen LogP contribution in [0.1, 0.15) is 17.4 Å². The van der Waals surface area contributed by atoms with E-state index in [0.717, 1.165) is 28.5 Å². The van der Waals surface area contributed by atoms with Crippen LogP contribution in [0.5, 0.6) is 0 Å². The Morgan fingerprint density at radius 2 is 2.19 bits per heavy atom. The number of carbonyl (C=O) groups excluding carboxylic acids is 1. The normalized spacial score (nSPS) is 22.6. The molecule has 6 heteroatoms. The molecule has 1 aliphatic rings. The second kappa shape index (κ2) is 5.69. The Morgan fingerprint density at radius 1 is 1.38 bits per heavy atom. The Hall–Kier alpha value is -1.53. The van der Waals surface area contributed by atoms with Crippen LogP contribution in [0.25, 0.3) is 10.9 Å². The Labute approximate surface area is 131 Å². The molecule has 0 bridgehead atoms. The van der Waals surface area contributed by atoms with Gasteiger partial charge < -0.3 is 10.2 Å². The van der Waals surface area contributed by atoms with Crippen molar-refractivity contribution in [3.05, 3.63) is 34.7 Å². The molecule has 3 heterocycles. The van der Waals surface area contributed by atoms with Gasteiger partial charge in [-0.1, -0.05) is 6.92 Å². The summed E-state index contributed by atoms with van der Waals surface area (Å²) in [5.74, 6) is 0.336. The molecular weight excluding hydrogens is 332 g/mol. The lowest BCUT2D eigenvalue weighted by atomic mass is 10.1. The lowest BCUT2D eigenvalue weighted by molar-refractivity contribution is 0.0927. The van der Waals surface area contributed by atoms with Gasteiger partial charge in [-0.2, -0.15) is 0 Å². The first-order valence-electron chi connectivity index (χ1n) is 6.94. The smallest absolute Gasteiger partial charge is 0.270 e.